The third-order valence-electron chi connectivity index (χ3n) is 3.19. The number of aliphatic carboxylic acids is 1. The lowest BCUT2D eigenvalue weighted by molar-refractivity contribution is -0.137. The molecule has 114 valence electrons. The average molecular weight is 312 g/mol. The quantitative estimate of drug-likeness (QED) is 0.694. The van der Waals surface area contributed by atoms with Gasteiger partial charge in [-0.3, -0.25) is 14.4 Å². The van der Waals surface area contributed by atoms with Crippen molar-refractivity contribution >= 4 is 16.0 Å². The summed E-state index contributed by atoms with van der Waals surface area (Å²) in [6.07, 6.45) is 7.64. The molecule has 1 fully saturated rings. The molecule has 1 aliphatic heterocycles. The number of carbonyl (C=O) groups is 1. The van der Waals surface area contributed by atoms with Gasteiger partial charge in [-0.2, -0.15) is 9.40 Å². The number of terminal acetylenes is 1. The number of rotatable bonds is 5. The minimum absolute atomic E-state index is 0.00847. The molecule has 1 N–H and O–H groups in total. The van der Waals surface area contributed by atoms with Crippen LogP contribution in [0.4, 0.5) is 0 Å². The minimum atomic E-state index is -3.64. The van der Waals surface area contributed by atoms with E-state index >= 15 is 0 Å². The van der Waals surface area contributed by atoms with Crippen molar-refractivity contribution in [2.24, 2.45) is 0 Å². The van der Waals surface area contributed by atoms with Crippen LogP contribution in [0.25, 0.3) is 0 Å². The Morgan fingerprint density at radius 2 is 2.05 bits per heavy atom. The van der Waals surface area contributed by atoms with Gasteiger partial charge in [0.15, 0.2) is 0 Å². The highest BCUT2D eigenvalue weighted by Gasteiger charge is 2.29. The molecule has 1 aromatic heterocycles. The normalized spacial score (nSPS) is 17.5. The lowest BCUT2D eigenvalue weighted by atomic mass is 10.4. The van der Waals surface area contributed by atoms with Crippen molar-refractivity contribution in [3.8, 4) is 12.3 Å². The minimum Gasteiger partial charge on any atom is -0.480 e. The van der Waals surface area contributed by atoms with Crippen LogP contribution in [0.1, 0.15) is 0 Å². The Kier molecular flexibility index (Phi) is 4.62. The molecule has 0 unspecified atom stereocenters. The Labute approximate surface area is 123 Å². The monoisotopic (exact) mass is 312 g/mol. The summed E-state index contributed by atoms with van der Waals surface area (Å²) in [6, 6.07) is 0. The van der Waals surface area contributed by atoms with E-state index in [1.165, 1.54) is 16.7 Å². The molecular formula is C12H16N4O4S. The van der Waals surface area contributed by atoms with Crippen molar-refractivity contribution in [3.05, 3.63) is 12.4 Å². The predicted octanol–water partition coefficient (Wildman–Crippen LogP) is -1.09. The van der Waals surface area contributed by atoms with Crippen LogP contribution >= 0.6 is 0 Å². The maximum Gasteiger partial charge on any atom is 0.325 e. The first-order valence-electron chi connectivity index (χ1n) is 6.33. The van der Waals surface area contributed by atoms with E-state index in [1.807, 2.05) is 4.90 Å². The van der Waals surface area contributed by atoms with Crippen molar-refractivity contribution < 1.29 is 18.3 Å². The van der Waals surface area contributed by atoms with Crippen LogP contribution in [0.5, 0.6) is 0 Å². The molecule has 0 radical (unpaired) electrons. The molecule has 0 spiro atoms. The summed E-state index contributed by atoms with van der Waals surface area (Å²) in [7, 11) is -3.64. The van der Waals surface area contributed by atoms with Gasteiger partial charge in [0.2, 0.25) is 10.0 Å². The molecule has 1 aliphatic rings. The van der Waals surface area contributed by atoms with Gasteiger partial charge >= 0.3 is 5.97 Å². The summed E-state index contributed by atoms with van der Waals surface area (Å²) in [4.78, 5) is 12.6. The fourth-order valence-electron chi connectivity index (χ4n) is 2.11. The van der Waals surface area contributed by atoms with Crippen molar-refractivity contribution in [1.29, 1.82) is 0 Å². The molecule has 0 saturated carbocycles. The predicted molar refractivity (Wildman–Crippen MR) is 73.9 cm³/mol. The largest absolute Gasteiger partial charge is 0.480 e. The van der Waals surface area contributed by atoms with Gasteiger partial charge in [0, 0.05) is 32.4 Å². The van der Waals surface area contributed by atoms with Crippen LogP contribution in [0, 0.1) is 12.3 Å². The first kappa shape index (κ1) is 15.5. The first-order valence-corrected chi connectivity index (χ1v) is 7.77. The summed E-state index contributed by atoms with van der Waals surface area (Å²) >= 11 is 0. The molecule has 1 saturated heterocycles. The van der Waals surface area contributed by atoms with E-state index in [9.17, 15) is 13.2 Å². The highest BCUT2D eigenvalue weighted by molar-refractivity contribution is 7.89. The van der Waals surface area contributed by atoms with E-state index in [4.69, 9.17) is 11.5 Å². The highest BCUT2D eigenvalue weighted by Crippen LogP contribution is 2.16. The third kappa shape index (κ3) is 3.60. The summed E-state index contributed by atoms with van der Waals surface area (Å²) in [5, 5.41) is 12.4. The standard InChI is InChI=1S/C12H16N4O4S/c1-2-3-14-4-6-16(7-5-14)21(19,20)11-8-13-15(9-11)10-12(17)18/h1,8-9H,3-7,10H2,(H,17,18). The summed E-state index contributed by atoms with van der Waals surface area (Å²) in [5.41, 5.74) is 0. The van der Waals surface area contributed by atoms with Gasteiger partial charge < -0.3 is 5.11 Å². The highest BCUT2D eigenvalue weighted by atomic mass is 32.2. The zero-order valence-electron chi connectivity index (χ0n) is 11.3. The van der Waals surface area contributed by atoms with Crippen LogP contribution in [-0.4, -0.2) is 71.2 Å². The number of carboxylic acids is 1. The Morgan fingerprint density at radius 1 is 1.38 bits per heavy atom. The fourth-order valence-corrected chi connectivity index (χ4v) is 3.49. The molecule has 0 bridgehead atoms. The van der Waals surface area contributed by atoms with Crippen LogP contribution in [0.2, 0.25) is 0 Å². The third-order valence-corrected chi connectivity index (χ3v) is 5.04. The Morgan fingerprint density at radius 3 is 2.62 bits per heavy atom. The van der Waals surface area contributed by atoms with Crippen molar-refractivity contribution in [3.63, 3.8) is 0 Å². The van der Waals surface area contributed by atoms with Crippen LogP contribution in [0.15, 0.2) is 17.3 Å². The number of hydrogen-bond donors (Lipinski definition) is 1. The summed E-state index contributed by atoms with van der Waals surface area (Å²) in [5.74, 6) is 1.45. The number of aromatic nitrogens is 2. The van der Waals surface area contributed by atoms with Crippen molar-refractivity contribution in [1.82, 2.24) is 19.0 Å². The van der Waals surface area contributed by atoms with Crippen molar-refractivity contribution in [2.75, 3.05) is 32.7 Å². The number of carboxylic acid groups (broad SMARTS) is 1. The van der Waals surface area contributed by atoms with Crippen LogP contribution in [-0.2, 0) is 21.4 Å². The van der Waals surface area contributed by atoms with Gasteiger partial charge in [-0.15, -0.1) is 6.42 Å². The molecule has 9 heteroatoms. The zero-order chi connectivity index (χ0) is 15.5. The van der Waals surface area contributed by atoms with E-state index < -0.39 is 16.0 Å². The molecule has 0 aromatic carbocycles. The molecule has 21 heavy (non-hydrogen) atoms. The molecule has 2 heterocycles. The number of piperazine rings is 1. The second-order valence-corrected chi connectivity index (χ2v) is 6.59. The lowest BCUT2D eigenvalue weighted by Gasteiger charge is -2.32. The van der Waals surface area contributed by atoms with Gasteiger partial charge in [0.05, 0.1) is 12.7 Å². The van der Waals surface area contributed by atoms with Gasteiger partial charge in [0.1, 0.15) is 11.4 Å². The SMILES string of the molecule is C#CCN1CCN(S(=O)(=O)c2cnn(CC(=O)O)c2)CC1. The van der Waals surface area contributed by atoms with E-state index in [0.717, 1.165) is 4.68 Å². The Bertz CT molecular complexity index is 653. The molecular weight excluding hydrogens is 296 g/mol. The van der Waals surface area contributed by atoms with Gasteiger partial charge in [-0.25, -0.2) is 8.42 Å². The van der Waals surface area contributed by atoms with Crippen LogP contribution in [0.3, 0.4) is 0 Å². The second-order valence-electron chi connectivity index (χ2n) is 4.65. The van der Waals surface area contributed by atoms with Crippen molar-refractivity contribution in [2.45, 2.75) is 11.4 Å². The maximum absolute atomic E-state index is 12.4. The van der Waals surface area contributed by atoms with E-state index in [-0.39, 0.29) is 11.4 Å². The number of nitrogens with zero attached hydrogens (tertiary/aromatic N) is 4. The Hall–Kier alpha value is -1.89. The molecule has 2 rings (SSSR count). The Balaban J connectivity index is 2.07. The van der Waals surface area contributed by atoms with E-state index in [1.54, 1.807) is 0 Å². The zero-order valence-corrected chi connectivity index (χ0v) is 12.2. The summed E-state index contributed by atoms with van der Waals surface area (Å²) in [6.45, 7) is 2.00. The molecule has 0 aliphatic carbocycles. The number of sulfonamides is 1. The smallest absolute Gasteiger partial charge is 0.325 e. The van der Waals surface area contributed by atoms with Crippen LogP contribution < -0.4 is 0 Å². The second kappa shape index (κ2) is 6.26. The van der Waals surface area contributed by atoms with E-state index in [0.29, 0.717) is 32.7 Å². The first-order chi connectivity index (χ1) is 9.93. The number of hydrogen-bond acceptors (Lipinski definition) is 5. The summed E-state index contributed by atoms with van der Waals surface area (Å²) < 4.78 is 27.3. The maximum atomic E-state index is 12.4. The molecule has 1 aromatic rings. The molecule has 8 nitrogen and oxygen atoms in total. The topological polar surface area (TPSA) is 95.7 Å². The fraction of sp³-hybridized carbons (Fsp3) is 0.500. The van der Waals surface area contributed by atoms with E-state index in [2.05, 4.69) is 11.0 Å². The average Bonchev–Trinajstić information content (AvgIpc) is 2.88. The van der Waals surface area contributed by atoms with Gasteiger partial charge in [-0.05, 0) is 0 Å². The molecule has 0 atom stereocenters. The molecule has 0 amide bonds. The van der Waals surface area contributed by atoms with Gasteiger partial charge in [0.25, 0.3) is 0 Å². The van der Waals surface area contributed by atoms with Gasteiger partial charge in [-0.1, -0.05) is 5.92 Å². The lowest BCUT2D eigenvalue weighted by Crippen LogP contribution is -2.48.